The second-order valence-corrected chi connectivity index (χ2v) is 5.63. The van der Waals surface area contributed by atoms with Crippen LogP contribution in [0.1, 0.15) is 37.3 Å². The largest absolute Gasteiger partial charge is 0.478 e. The molecule has 1 aromatic carbocycles. The first-order chi connectivity index (χ1) is 11.5. The Morgan fingerprint density at radius 1 is 1.33 bits per heavy atom. The molecule has 0 saturated heterocycles. The number of aromatic nitrogens is 1. The molecule has 5 heteroatoms. The Hall–Kier alpha value is -2.82. The van der Waals surface area contributed by atoms with E-state index in [-0.39, 0.29) is 0 Å². The first-order valence-electron chi connectivity index (χ1n) is 7.93. The third kappa shape index (κ3) is 4.84. The fraction of sp³-hybridized carbons (Fsp3) is 0.263. The van der Waals surface area contributed by atoms with Crippen LogP contribution >= 0.6 is 0 Å². The highest BCUT2D eigenvalue weighted by Crippen LogP contribution is 2.24. The SMILES string of the molecule is CCCC/C(=C\c1ccc(Oc2ccc(N)cn2)cc1C)C(=O)O. The molecule has 24 heavy (non-hydrogen) atoms. The van der Waals surface area contributed by atoms with E-state index in [0.29, 0.717) is 29.3 Å². The van der Waals surface area contributed by atoms with Crippen LogP contribution in [-0.2, 0) is 4.79 Å². The highest BCUT2D eigenvalue weighted by molar-refractivity contribution is 5.92. The molecule has 3 N–H and O–H groups in total. The van der Waals surface area contributed by atoms with Gasteiger partial charge in [0.1, 0.15) is 5.75 Å². The molecule has 1 aromatic heterocycles. The molecule has 0 aliphatic carbocycles. The number of unbranched alkanes of at least 4 members (excludes halogenated alkanes) is 1. The number of aryl methyl sites for hydroxylation is 1. The summed E-state index contributed by atoms with van der Waals surface area (Å²) in [4.78, 5) is 15.4. The zero-order valence-electron chi connectivity index (χ0n) is 14.0. The van der Waals surface area contributed by atoms with Crippen LogP contribution in [0.3, 0.4) is 0 Å². The molecule has 0 spiro atoms. The zero-order valence-corrected chi connectivity index (χ0v) is 14.0. The molecule has 5 nitrogen and oxygen atoms in total. The summed E-state index contributed by atoms with van der Waals surface area (Å²) in [6, 6.07) is 8.95. The lowest BCUT2D eigenvalue weighted by Gasteiger charge is -2.09. The Kier molecular flexibility index (Phi) is 5.95. The van der Waals surface area contributed by atoms with E-state index in [9.17, 15) is 9.90 Å². The predicted molar refractivity (Wildman–Crippen MR) is 95.0 cm³/mol. The molecular weight excluding hydrogens is 304 g/mol. The van der Waals surface area contributed by atoms with E-state index in [1.807, 2.05) is 26.0 Å². The van der Waals surface area contributed by atoms with E-state index in [1.165, 1.54) is 6.20 Å². The van der Waals surface area contributed by atoms with Gasteiger partial charge in [-0.05, 0) is 55.2 Å². The van der Waals surface area contributed by atoms with Crippen LogP contribution in [0.4, 0.5) is 5.69 Å². The van der Waals surface area contributed by atoms with Gasteiger partial charge in [-0.2, -0.15) is 0 Å². The molecular formula is C19H22N2O3. The quantitative estimate of drug-likeness (QED) is 0.735. The van der Waals surface area contributed by atoms with Gasteiger partial charge < -0.3 is 15.6 Å². The van der Waals surface area contributed by atoms with Gasteiger partial charge in [0.2, 0.25) is 5.88 Å². The van der Waals surface area contributed by atoms with Gasteiger partial charge in [-0.3, -0.25) is 0 Å². The van der Waals surface area contributed by atoms with Gasteiger partial charge in [0.05, 0.1) is 11.9 Å². The number of anilines is 1. The summed E-state index contributed by atoms with van der Waals surface area (Å²) in [5, 5.41) is 9.31. The van der Waals surface area contributed by atoms with Crippen molar-refractivity contribution >= 4 is 17.7 Å². The van der Waals surface area contributed by atoms with Gasteiger partial charge in [-0.1, -0.05) is 19.4 Å². The number of nitrogens with zero attached hydrogens (tertiary/aromatic N) is 1. The van der Waals surface area contributed by atoms with Gasteiger partial charge in [-0.15, -0.1) is 0 Å². The topological polar surface area (TPSA) is 85.4 Å². The molecule has 0 atom stereocenters. The van der Waals surface area contributed by atoms with Crippen LogP contribution in [0, 0.1) is 6.92 Å². The molecule has 0 aliphatic rings. The third-order valence-electron chi connectivity index (χ3n) is 3.63. The van der Waals surface area contributed by atoms with E-state index in [2.05, 4.69) is 4.98 Å². The van der Waals surface area contributed by atoms with Crippen molar-refractivity contribution in [3.63, 3.8) is 0 Å². The van der Waals surface area contributed by atoms with E-state index in [1.54, 1.807) is 24.3 Å². The number of carboxylic acids is 1. The van der Waals surface area contributed by atoms with Gasteiger partial charge in [0, 0.05) is 11.6 Å². The summed E-state index contributed by atoms with van der Waals surface area (Å²) in [7, 11) is 0. The predicted octanol–water partition coefficient (Wildman–Crippen LogP) is 4.42. The monoisotopic (exact) mass is 326 g/mol. The number of hydrogen-bond acceptors (Lipinski definition) is 4. The number of ether oxygens (including phenoxy) is 1. The molecule has 0 bridgehead atoms. The number of carbonyl (C=O) groups is 1. The number of rotatable bonds is 7. The van der Waals surface area contributed by atoms with Crippen molar-refractivity contribution in [3.8, 4) is 11.6 Å². The Bertz CT molecular complexity index is 737. The summed E-state index contributed by atoms with van der Waals surface area (Å²) >= 11 is 0. The molecule has 0 aliphatic heterocycles. The smallest absolute Gasteiger partial charge is 0.331 e. The summed E-state index contributed by atoms with van der Waals surface area (Å²) in [6.07, 6.45) is 5.66. The van der Waals surface area contributed by atoms with Crippen molar-refractivity contribution in [2.24, 2.45) is 0 Å². The van der Waals surface area contributed by atoms with Gasteiger partial charge in [0.25, 0.3) is 0 Å². The van der Waals surface area contributed by atoms with Crippen LogP contribution in [0.15, 0.2) is 42.1 Å². The number of pyridine rings is 1. The van der Waals surface area contributed by atoms with Gasteiger partial charge >= 0.3 is 5.97 Å². The first-order valence-corrected chi connectivity index (χ1v) is 7.93. The Morgan fingerprint density at radius 2 is 2.12 bits per heavy atom. The Labute approximate surface area is 141 Å². The number of nitrogens with two attached hydrogens (primary N) is 1. The lowest BCUT2D eigenvalue weighted by Crippen LogP contribution is -2.00. The number of aliphatic carboxylic acids is 1. The average Bonchev–Trinajstić information content (AvgIpc) is 2.55. The molecule has 0 unspecified atom stereocenters. The Balaban J connectivity index is 2.19. The number of carboxylic acid groups (broad SMARTS) is 1. The lowest BCUT2D eigenvalue weighted by atomic mass is 10.0. The molecule has 0 saturated carbocycles. The molecule has 126 valence electrons. The van der Waals surface area contributed by atoms with Crippen LogP contribution in [0.5, 0.6) is 11.6 Å². The summed E-state index contributed by atoms with van der Waals surface area (Å²) < 4.78 is 5.68. The van der Waals surface area contributed by atoms with Crippen molar-refractivity contribution in [1.82, 2.24) is 4.98 Å². The maximum Gasteiger partial charge on any atom is 0.331 e. The highest BCUT2D eigenvalue weighted by Gasteiger charge is 2.08. The standard InChI is InChI=1S/C19H22N2O3/c1-3-4-5-15(19(22)23)11-14-6-8-17(10-13(14)2)24-18-9-7-16(20)12-21-18/h6-12H,3-5,20H2,1-2H3,(H,22,23)/b15-11+. The summed E-state index contributed by atoms with van der Waals surface area (Å²) in [5.41, 5.74) is 8.42. The van der Waals surface area contributed by atoms with E-state index in [0.717, 1.165) is 24.0 Å². The van der Waals surface area contributed by atoms with Crippen molar-refractivity contribution in [2.45, 2.75) is 33.1 Å². The normalized spacial score (nSPS) is 11.3. The number of nitrogen functional groups attached to an aromatic ring is 1. The second kappa shape index (κ2) is 8.15. The number of benzene rings is 1. The second-order valence-electron chi connectivity index (χ2n) is 5.63. The fourth-order valence-corrected chi connectivity index (χ4v) is 2.24. The molecule has 1 heterocycles. The Morgan fingerprint density at radius 3 is 2.71 bits per heavy atom. The fourth-order valence-electron chi connectivity index (χ4n) is 2.24. The van der Waals surface area contributed by atoms with Crippen LogP contribution in [-0.4, -0.2) is 16.1 Å². The van der Waals surface area contributed by atoms with E-state index < -0.39 is 5.97 Å². The average molecular weight is 326 g/mol. The molecule has 0 radical (unpaired) electrons. The van der Waals surface area contributed by atoms with Crippen LogP contribution in [0.2, 0.25) is 0 Å². The molecule has 2 aromatic rings. The van der Waals surface area contributed by atoms with Crippen LogP contribution in [0.25, 0.3) is 6.08 Å². The number of hydrogen-bond donors (Lipinski definition) is 2. The van der Waals surface area contributed by atoms with Crippen molar-refractivity contribution in [3.05, 3.63) is 53.2 Å². The lowest BCUT2D eigenvalue weighted by molar-refractivity contribution is -0.132. The summed E-state index contributed by atoms with van der Waals surface area (Å²) in [6.45, 7) is 3.97. The molecule has 0 amide bonds. The minimum atomic E-state index is -0.866. The maximum absolute atomic E-state index is 11.3. The van der Waals surface area contributed by atoms with Crippen molar-refractivity contribution in [2.75, 3.05) is 5.73 Å². The van der Waals surface area contributed by atoms with Crippen molar-refractivity contribution < 1.29 is 14.6 Å². The van der Waals surface area contributed by atoms with Crippen molar-refractivity contribution in [1.29, 1.82) is 0 Å². The molecule has 0 fully saturated rings. The van der Waals surface area contributed by atoms with E-state index >= 15 is 0 Å². The minimum Gasteiger partial charge on any atom is -0.478 e. The van der Waals surface area contributed by atoms with Gasteiger partial charge in [0.15, 0.2) is 0 Å². The van der Waals surface area contributed by atoms with Gasteiger partial charge in [-0.25, -0.2) is 9.78 Å². The zero-order chi connectivity index (χ0) is 17.5. The molecule has 2 rings (SSSR count). The highest BCUT2D eigenvalue weighted by atomic mass is 16.5. The third-order valence-corrected chi connectivity index (χ3v) is 3.63. The van der Waals surface area contributed by atoms with E-state index in [4.69, 9.17) is 10.5 Å². The van der Waals surface area contributed by atoms with Crippen LogP contribution < -0.4 is 10.5 Å². The maximum atomic E-state index is 11.3. The first kappa shape index (κ1) is 17.5. The minimum absolute atomic E-state index is 0.425. The summed E-state index contributed by atoms with van der Waals surface area (Å²) in [5.74, 6) is 0.239.